The third-order valence-electron chi connectivity index (χ3n) is 3.31. The van der Waals surface area contributed by atoms with Gasteiger partial charge in [-0.05, 0) is 43.7 Å². The molecule has 92 valence electrons. The normalized spacial score (nSPS) is 16.9. The SMILES string of the molecule is CCNC(C1=CCCC1)c1ccccc1SC. The standard InChI is InChI=1S/C15H21NS/c1-3-16-15(12-8-4-5-9-12)13-10-6-7-11-14(13)17-2/h6-8,10-11,15-16H,3-5,9H2,1-2H3. The van der Waals surface area contributed by atoms with Crippen molar-refractivity contribution in [1.82, 2.24) is 5.32 Å². The molecule has 0 aromatic heterocycles. The third kappa shape index (κ3) is 2.93. The van der Waals surface area contributed by atoms with Gasteiger partial charge in [0.25, 0.3) is 0 Å². The Bertz CT molecular complexity index is 398. The zero-order valence-corrected chi connectivity index (χ0v) is 11.5. The minimum Gasteiger partial charge on any atom is -0.307 e. The molecule has 0 bridgehead atoms. The van der Waals surface area contributed by atoms with Crippen molar-refractivity contribution in [2.45, 2.75) is 37.1 Å². The smallest absolute Gasteiger partial charge is 0.0547 e. The van der Waals surface area contributed by atoms with Crippen molar-refractivity contribution in [2.75, 3.05) is 12.8 Å². The number of likely N-dealkylation sites (N-methyl/N-ethyl adjacent to an activating group) is 1. The fraction of sp³-hybridized carbons (Fsp3) is 0.467. The lowest BCUT2D eigenvalue weighted by atomic mass is 9.98. The van der Waals surface area contributed by atoms with Gasteiger partial charge in [0.15, 0.2) is 0 Å². The van der Waals surface area contributed by atoms with Crippen LogP contribution in [-0.4, -0.2) is 12.8 Å². The maximum absolute atomic E-state index is 3.63. The average Bonchev–Trinajstić information content (AvgIpc) is 2.89. The molecule has 0 fully saturated rings. The molecule has 0 saturated carbocycles. The molecule has 0 aliphatic heterocycles. The lowest BCUT2D eigenvalue weighted by molar-refractivity contribution is 0.597. The maximum atomic E-state index is 3.63. The van der Waals surface area contributed by atoms with Crippen LogP contribution in [0.5, 0.6) is 0 Å². The maximum Gasteiger partial charge on any atom is 0.0547 e. The van der Waals surface area contributed by atoms with E-state index in [-0.39, 0.29) is 0 Å². The van der Waals surface area contributed by atoms with Gasteiger partial charge in [-0.15, -0.1) is 11.8 Å². The van der Waals surface area contributed by atoms with E-state index in [0.717, 1.165) is 6.54 Å². The number of rotatable bonds is 5. The molecule has 0 heterocycles. The van der Waals surface area contributed by atoms with E-state index in [2.05, 4.69) is 48.8 Å². The van der Waals surface area contributed by atoms with Gasteiger partial charge in [0.1, 0.15) is 0 Å². The molecule has 0 radical (unpaired) electrons. The van der Waals surface area contributed by atoms with Crippen LogP contribution in [0, 0.1) is 0 Å². The Balaban J connectivity index is 2.31. The Morgan fingerprint density at radius 1 is 1.35 bits per heavy atom. The molecule has 1 atom stereocenters. The Kier molecular flexibility index (Phi) is 4.69. The zero-order chi connectivity index (χ0) is 12.1. The van der Waals surface area contributed by atoms with Gasteiger partial charge < -0.3 is 5.32 Å². The fourth-order valence-electron chi connectivity index (χ4n) is 2.51. The fourth-order valence-corrected chi connectivity index (χ4v) is 3.14. The second kappa shape index (κ2) is 6.27. The molecule has 2 rings (SSSR count). The average molecular weight is 247 g/mol. The van der Waals surface area contributed by atoms with Gasteiger partial charge >= 0.3 is 0 Å². The van der Waals surface area contributed by atoms with Gasteiger partial charge in [0, 0.05) is 4.90 Å². The minimum atomic E-state index is 0.422. The summed E-state index contributed by atoms with van der Waals surface area (Å²) < 4.78 is 0. The molecule has 0 amide bonds. The zero-order valence-electron chi connectivity index (χ0n) is 10.7. The number of hydrogen-bond acceptors (Lipinski definition) is 2. The summed E-state index contributed by atoms with van der Waals surface area (Å²) in [6.45, 7) is 3.20. The van der Waals surface area contributed by atoms with Crippen LogP contribution in [0.3, 0.4) is 0 Å². The molecule has 1 aliphatic rings. The Labute approximate surface area is 109 Å². The van der Waals surface area contributed by atoms with Gasteiger partial charge in [-0.3, -0.25) is 0 Å². The van der Waals surface area contributed by atoms with Gasteiger partial charge in [0.05, 0.1) is 6.04 Å². The van der Waals surface area contributed by atoms with Gasteiger partial charge in [-0.1, -0.05) is 36.8 Å². The van der Waals surface area contributed by atoms with Crippen LogP contribution in [0.4, 0.5) is 0 Å². The van der Waals surface area contributed by atoms with Crippen molar-refractivity contribution in [3.8, 4) is 0 Å². The first kappa shape index (κ1) is 12.7. The lowest BCUT2D eigenvalue weighted by Crippen LogP contribution is -2.22. The van der Waals surface area contributed by atoms with E-state index < -0.39 is 0 Å². The number of allylic oxidation sites excluding steroid dienone is 1. The summed E-state index contributed by atoms with van der Waals surface area (Å²) in [5, 5.41) is 3.63. The quantitative estimate of drug-likeness (QED) is 0.619. The summed E-state index contributed by atoms with van der Waals surface area (Å²) in [5.74, 6) is 0. The molecular weight excluding hydrogens is 226 g/mol. The van der Waals surface area contributed by atoms with Crippen LogP contribution >= 0.6 is 11.8 Å². The largest absolute Gasteiger partial charge is 0.307 e. The van der Waals surface area contributed by atoms with Gasteiger partial charge in [-0.2, -0.15) is 0 Å². The van der Waals surface area contributed by atoms with Crippen molar-refractivity contribution in [3.63, 3.8) is 0 Å². The summed E-state index contributed by atoms with van der Waals surface area (Å²) in [7, 11) is 0. The second-order valence-corrected chi connectivity index (χ2v) is 5.25. The molecule has 1 aromatic rings. The van der Waals surface area contributed by atoms with Crippen LogP contribution < -0.4 is 5.32 Å². The van der Waals surface area contributed by atoms with E-state index >= 15 is 0 Å². The van der Waals surface area contributed by atoms with Crippen LogP contribution in [0.25, 0.3) is 0 Å². The highest BCUT2D eigenvalue weighted by atomic mass is 32.2. The Morgan fingerprint density at radius 2 is 2.18 bits per heavy atom. The topological polar surface area (TPSA) is 12.0 Å². The lowest BCUT2D eigenvalue weighted by Gasteiger charge is -2.22. The molecule has 17 heavy (non-hydrogen) atoms. The highest BCUT2D eigenvalue weighted by Gasteiger charge is 2.20. The van der Waals surface area contributed by atoms with E-state index in [9.17, 15) is 0 Å². The van der Waals surface area contributed by atoms with Crippen LogP contribution in [-0.2, 0) is 0 Å². The van der Waals surface area contributed by atoms with E-state index in [1.807, 2.05) is 11.8 Å². The predicted octanol–water partition coefficient (Wildman–Crippen LogP) is 4.17. The van der Waals surface area contributed by atoms with Gasteiger partial charge in [0.2, 0.25) is 0 Å². The molecule has 0 saturated heterocycles. The molecule has 1 aromatic carbocycles. The summed E-state index contributed by atoms with van der Waals surface area (Å²) in [4.78, 5) is 1.39. The van der Waals surface area contributed by atoms with Crippen molar-refractivity contribution < 1.29 is 0 Å². The number of nitrogens with one attached hydrogen (secondary N) is 1. The molecular formula is C15H21NS. The summed E-state index contributed by atoms with van der Waals surface area (Å²) >= 11 is 1.84. The minimum absolute atomic E-state index is 0.422. The number of hydrogen-bond donors (Lipinski definition) is 1. The van der Waals surface area contributed by atoms with Crippen molar-refractivity contribution >= 4 is 11.8 Å². The summed E-state index contributed by atoms with van der Waals surface area (Å²) in [5.41, 5.74) is 3.02. The van der Waals surface area contributed by atoms with E-state index in [1.165, 1.54) is 29.7 Å². The van der Waals surface area contributed by atoms with E-state index in [0.29, 0.717) is 6.04 Å². The Hall–Kier alpha value is -0.730. The first-order chi connectivity index (χ1) is 8.36. The summed E-state index contributed by atoms with van der Waals surface area (Å²) in [6, 6.07) is 9.18. The first-order valence-electron chi connectivity index (χ1n) is 6.42. The van der Waals surface area contributed by atoms with Crippen molar-refractivity contribution in [1.29, 1.82) is 0 Å². The molecule has 2 heteroatoms. The highest BCUT2D eigenvalue weighted by molar-refractivity contribution is 7.98. The molecule has 1 N–H and O–H groups in total. The molecule has 1 aliphatic carbocycles. The van der Waals surface area contributed by atoms with Crippen molar-refractivity contribution in [3.05, 3.63) is 41.5 Å². The van der Waals surface area contributed by atoms with Crippen molar-refractivity contribution in [2.24, 2.45) is 0 Å². The van der Waals surface area contributed by atoms with Gasteiger partial charge in [-0.25, -0.2) is 0 Å². The first-order valence-corrected chi connectivity index (χ1v) is 7.64. The van der Waals surface area contributed by atoms with Crippen LogP contribution in [0.2, 0.25) is 0 Å². The van der Waals surface area contributed by atoms with Crippen LogP contribution in [0.1, 0.15) is 37.8 Å². The number of benzene rings is 1. The molecule has 1 unspecified atom stereocenters. The molecule has 1 nitrogen and oxygen atoms in total. The molecule has 0 spiro atoms. The monoisotopic (exact) mass is 247 g/mol. The van der Waals surface area contributed by atoms with E-state index in [4.69, 9.17) is 0 Å². The highest BCUT2D eigenvalue weighted by Crippen LogP contribution is 2.34. The second-order valence-electron chi connectivity index (χ2n) is 4.40. The summed E-state index contributed by atoms with van der Waals surface area (Å²) in [6.07, 6.45) is 8.40. The predicted molar refractivity (Wildman–Crippen MR) is 76.6 cm³/mol. The number of thioether (sulfide) groups is 1. The van der Waals surface area contributed by atoms with E-state index in [1.54, 1.807) is 5.57 Å². The van der Waals surface area contributed by atoms with Crippen LogP contribution in [0.15, 0.2) is 40.8 Å². The third-order valence-corrected chi connectivity index (χ3v) is 4.12. The Morgan fingerprint density at radius 3 is 2.82 bits per heavy atom.